The summed E-state index contributed by atoms with van der Waals surface area (Å²) in [6.45, 7) is 2.49. The lowest BCUT2D eigenvalue weighted by atomic mass is 9.97. The molecule has 1 aliphatic carbocycles. The van der Waals surface area contributed by atoms with Gasteiger partial charge in [0.25, 0.3) is 0 Å². The Morgan fingerprint density at radius 2 is 1.97 bits per heavy atom. The molecule has 0 aliphatic heterocycles. The molecule has 0 atom stereocenters. The van der Waals surface area contributed by atoms with Crippen LogP contribution in [0.4, 0.5) is 0 Å². The maximum atomic E-state index is 12.5. The average molecular weight is 458 g/mol. The minimum absolute atomic E-state index is 0.0130. The molecule has 1 aromatic carbocycles. The van der Waals surface area contributed by atoms with E-state index in [1.807, 2.05) is 25.1 Å². The Balaban J connectivity index is 1.36. The summed E-state index contributed by atoms with van der Waals surface area (Å²) in [5.41, 5.74) is 2.49. The van der Waals surface area contributed by atoms with E-state index in [0.29, 0.717) is 23.8 Å². The maximum Gasteiger partial charge on any atom is 0.230 e. The summed E-state index contributed by atoms with van der Waals surface area (Å²) in [4.78, 5) is 24.3. The van der Waals surface area contributed by atoms with Crippen molar-refractivity contribution in [3.05, 3.63) is 40.0 Å². The molecule has 2 heterocycles. The molecule has 8 heteroatoms. The molecule has 164 valence electrons. The van der Waals surface area contributed by atoms with Crippen LogP contribution < -0.4 is 14.8 Å². The summed E-state index contributed by atoms with van der Waals surface area (Å²) >= 11 is 3.31. The van der Waals surface area contributed by atoms with Crippen LogP contribution in [-0.2, 0) is 24.1 Å². The van der Waals surface area contributed by atoms with Crippen molar-refractivity contribution in [3.63, 3.8) is 0 Å². The van der Waals surface area contributed by atoms with Crippen molar-refractivity contribution in [2.24, 2.45) is 0 Å². The fraction of sp³-hybridized carbons (Fsp3) is 0.435. The first kappa shape index (κ1) is 21.9. The van der Waals surface area contributed by atoms with Gasteiger partial charge in [0.15, 0.2) is 11.5 Å². The highest BCUT2D eigenvalue weighted by Gasteiger charge is 2.21. The summed E-state index contributed by atoms with van der Waals surface area (Å²) in [5, 5.41) is 5.13. The minimum atomic E-state index is 0.0130. The van der Waals surface area contributed by atoms with Gasteiger partial charge in [-0.1, -0.05) is 17.8 Å². The van der Waals surface area contributed by atoms with Crippen LogP contribution in [0.25, 0.3) is 10.2 Å². The van der Waals surface area contributed by atoms with Crippen molar-refractivity contribution >= 4 is 39.2 Å². The van der Waals surface area contributed by atoms with Crippen molar-refractivity contribution in [3.8, 4) is 11.5 Å². The van der Waals surface area contributed by atoms with Gasteiger partial charge in [0.2, 0.25) is 5.91 Å². The van der Waals surface area contributed by atoms with E-state index in [-0.39, 0.29) is 5.91 Å². The van der Waals surface area contributed by atoms with Crippen molar-refractivity contribution in [1.29, 1.82) is 0 Å². The van der Waals surface area contributed by atoms with Crippen LogP contribution in [0.3, 0.4) is 0 Å². The number of amides is 1. The lowest BCUT2D eigenvalue weighted by Crippen LogP contribution is -2.27. The van der Waals surface area contributed by atoms with E-state index in [1.165, 1.54) is 40.4 Å². The lowest BCUT2D eigenvalue weighted by Gasteiger charge is -2.12. The molecule has 4 rings (SSSR count). The number of hydrogen-bond donors (Lipinski definition) is 1. The first-order valence-corrected chi connectivity index (χ1v) is 12.3. The molecule has 0 radical (unpaired) electrons. The van der Waals surface area contributed by atoms with Gasteiger partial charge in [0.1, 0.15) is 15.7 Å². The highest BCUT2D eigenvalue weighted by atomic mass is 32.2. The number of thiophene rings is 1. The Kier molecular flexibility index (Phi) is 6.97. The molecular formula is C23H27N3O3S2. The van der Waals surface area contributed by atoms with Crippen LogP contribution in [0, 0.1) is 6.92 Å². The van der Waals surface area contributed by atoms with E-state index in [0.717, 1.165) is 40.5 Å². The largest absolute Gasteiger partial charge is 0.493 e. The van der Waals surface area contributed by atoms with Gasteiger partial charge in [-0.2, -0.15) is 0 Å². The van der Waals surface area contributed by atoms with Crippen molar-refractivity contribution in [2.45, 2.75) is 44.1 Å². The number of fused-ring (bicyclic) bond motifs is 3. The Labute approximate surface area is 190 Å². The zero-order chi connectivity index (χ0) is 21.8. The molecule has 0 unspecified atom stereocenters. The number of ether oxygens (including phenoxy) is 2. The van der Waals surface area contributed by atoms with Gasteiger partial charge in [0, 0.05) is 16.8 Å². The normalized spacial score (nSPS) is 13.1. The molecule has 2 aromatic heterocycles. The minimum Gasteiger partial charge on any atom is -0.493 e. The van der Waals surface area contributed by atoms with Gasteiger partial charge in [0.05, 0.1) is 20.0 Å². The molecule has 6 nitrogen and oxygen atoms in total. The Morgan fingerprint density at radius 1 is 1.16 bits per heavy atom. The number of carbonyl (C=O) groups excluding carboxylic acids is 1. The highest BCUT2D eigenvalue weighted by Crippen LogP contribution is 2.39. The van der Waals surface area contributed by atoms with Gasteiger partial charge in [-0.15, -0.1) is 11.3 Å². The van der Waals surface area contributed by atoms with Crippen molar-refractivity contribution < 1.29 is 14.3 Å². The summed E-state index contributed by atoms with van der Waals surface area (Å²) in [5.74, 6) is 2.53. The molecule has 1 amide bonds. The van der Waals surface area contributed by atoms with Gasteiger partial charge in [-0.25, -0.2) is 9.97 Å². The highest BCUT2D eigenvalue weighted by molar-refractivity contribution is 8.00. The first-order chi connectivity index (χ1) is 15.1. The molecule has 3 aromatic rings. The molecule has 1 aliphatic rings. The van der Waals surface area contributed by atoms with Crippen LogP contribution >= 0.6 is 23.1 Å². The number of aromatic nitrogens is 2. The zero-order valence-corrected chi connectivity index (χ0v) is 19.8. The van der Waals surface area contributed by atoms with Gasteiger partial charge >= 0.3 is 0 Å². The van der Waals surface area contributed by atoms with E-state index in [1.54, 1.807) is 25.6 Å². The third-order valence-electron chi connectivity index (χ3n) is 5.42. The first-order valence-electron chi connectivity index (χ1n) is 10.5. The van der Waals surface area contributed by atoms with Gasteiger partial charge < -0.3 is 14.8 Å². The molecular weight excluding hydrogens is 430 g/mol. The lowest BCUT2D eigenvalue weighted by molar-refractivity contribution is -0.118. The third kappa shape index (κ3) is 4.96. The Hall–Kier alpha value is -2.32. The van der Waals surface area contributed by atoms with E-state index < -0.39 is 0 Å². The second-order valence-electron chi connectivity index (χ2n) is 7.54. The maximum absolute atomic E-state index is 12.5. The molecule has 31 heavy (non-hydrogen) atoms. The number of nitrogens with one attached hydrogen (secondary N) is 1. The molecule has 1 N–H and O–H groups in total. The van der Waals surface area contributed by atoms with E-state index >= 15 is 0 Å². The quantitative estimate of drug-likeness (QED) is 0.401. The van der Waals surface area contributed by atoms with Crippen LogP contribution in [0.2, 0.25) is 0 Å². The number of thioether (sulfide) groups is 1. The standard InChI is InChI=1S/C23H27N3O3S2/c1-14-25-22(21-16-6-4-5-7-19(16)31-23(21)26-14)30-13-20(27)24-11-10-15-8-9-17(28-2)18(12-15)29-3/h8-9,12H,4-7,10-11,13H2,1-3H3,(H,24,27). The van der Waals surface area contributed by atoms with Gasteiger partial charge in [-0.05, 0) is 62.3 Å². The topological polar surface area (TPSA) is 73.3 Å². The third-order valence-corrected chi connectivity index (χ3v) is 7.58. The molecule has 0 saturated carbocycles. The predicted molar refractivity (Wildman–Crippen MR) is 126 cm³/mol. The second-order valence-corrected chi connectivity index (χ2v) is 9.59. The number of methoxy groups -OCH3 is 2. The average Bonchev–Trinajstić information content (AvgIpc) is 3.15. The zero-order valence-electron chi connectivity index (χ0n) is 18.1. The number of aryl methyl sites for hydroxylation is 3. The summed E-state index contributed by atoms with van der Waals surface area (Å²) in [6, 6.07) is 5.82. The van der Waals surface area contributed by atoms with Crippen LogP contribution in [-0.4, -0.2) is 42.4 Å². The summed E-state index contributed by atoms with van der Waals surface area (Å²) in [7, 11) is 3.24. The van der Waals surface area contributed by atoms with Crippen LogP contribution in [0.1, 0.15) is 34.7 Å². The molecule has 0 saturated heterocycles. The van der Waals surface area contributed by atoms with Crippen molar-refractivity contribution in [1.82, 2.24) is 15.3 Å². The number of benzene rings is 1. The van der Waals surface area contributed by atoms with Gasteiger partial charge in [-0.3, -0.25) is 4.79 Å². The Bertz CT molecular complexity index is 1100. The number of nitrogens with zero attached hydrogens (tertiary/aromatic N) is 2. The number of hydrogen-bond acceptors (Lipinski definition) is 7. The van der Waals surface area contributed by atoms with E-state index in [4.69, 9.17) is 9.47 Å². The predicted octanol–water partition coefficient (Wildman–Crippen LogP) is 4.35. The fourth-order valence-electron chi connectivity index (χ4n) is 3.90. The smallest absolute Gasteiger partial charge is 0.230 e. The molecule has 0 bridgehead atoms. The summed E-state index contributed by atoms with van der Waals surface area (Å²) < 4.78 is 10.6. The monoisotopic (exact) mass is 457 g/mol. The molecule has 0 spiro atoms. The number of carbonyl (C=O) groups is 1. The SMILES string of the molecule is COc1ccc(CCNC(=O)CSc2nc(C)nc3sc4c(c23)CCCC4)cc1OC. The van der Waals surface area contributed by atoms with Crippen LogP contribution in [0.5, 0.6) is 11.5 Å². The molecule has 0 fully saturated rings. The van der Waals surface area contributed by atoms with Crippen molar-refractivity contribution in [2.75, 3.05) is 26.5 Å². The van der Waals surface area contributed by atoms with E-state index in [9.17, 15) is 4.79 Å². The van der Waals surface area contributed by atoms with E-state index in [2.05, 4.69) is 15.3 Å². The summed E-state index contributed by atoms with van der Waals surface area (Å²) in [6.07, 6.45) is 5.42. The number of rotatable bonds is 8. The van der Waals surface area contributed by atoms with Crippen LogP contribution in [0.15, 0.2) is 23.2 Å². The fourth-order valence-corrected chi connectivity index (χ4v) is 6.20. The second kappa shape index (κ2) is 9.87. The Morgan fingerprint density at radius 3 is 2.77 bits per heavy atom.